The standard InChI is InChI=1S/C13H11F2INO.Y/c1-2-17-11(7-6-10(16)13(17)18)12-8(14)4-3-5-9(12)15;/h3-5,10H,2,6H2,1H3;/q-1;. The molecule has 1 aromatic carbocycles. The smallest absolute Gasteiger partial charge is 0.235 e. The van der Waals surface area contributed by atoms with E-state index in [1.165, 1.54) is 23.1 Å². The maximum Gasteiger partial charge on any atom is 0.235 e. The van der Waals surface area contributed by atoms with Crippen LogP contribution < -0.4 is 0 Å². The molecule has 0 bridgehead atoms. The van der Waals surface area contributed by atoms with E-state index in [1.807, 2.05) is 22.6 Å². The molecule has 1 atom stereocenters. The average Bonchev–Trinajstić information content (AvgIpc) is 2.33. The molecule has 1 heterocycles. The number of halogens is 3. The van der Waals surface area contributed by atoms with E-state index < -0.39 is 11.6 Å². The number of carbonyl (C=O) groups is 1. The van der Waals surface area contributed by atoms with Gasteiger partial charge in [0.05, 0.1) is 15.6 Å². The maximum absolute atomic E-state index is 13.7. The third kappa shape index (κ3) is 3.42. The van der Waals surface area contributed by atoms with Gasteiger partial charge in [0.2, 0.25) is 5.91 Å². The zero-order valence-electron chi connectivity index (χ0n) is 10.3. The van der Waals surface area contributed by atoms with Gasteiger partial charge in [0, 0.05) is 39.3 Å². The molecule has 1 aliphatic heterocycles. The number of hydrogen-bond acceptors (Lipinski definition) is 1. The Labute approximate surface area is 149 Å². The molecule has 1 amide bonds. The van der Waals surface area contributed by atoms with Crippen molar-refractivity contribution < 1.29 is 46.3 Å². The molecule has 0 N–H and O–H groups in total. The summed E-state index contributed by atoms with van der Waals surface area (Å²) in [7, 11) is 0. The molecule has 2 nitrogen and oxygen atoms in total. The number of hydrogen-bond donors (Lipinski definition) is 0. The van der Waals surface area contributed by atoms with Crippen LogP contribution in [0.25, 0.3) is 5.70 Å². The van der Waals surface area contributed by atoms with Crippen molar-refractivity contribution >= 4 is 34.2 Å². The molecule has 0 aliphatic carbocycles. The molecule has 0 saturated carbocycles. The summed E-state index contributed by atoms with van der Waals surface area (Å²) >= 11 is 2.01. The van der Waals surface area contributed by atoms with Crippen molar-refractivity contribution in [1.29, 1.82) is 0 Å². The maximum atomic E-state index is 13.7. The fourth-order valence-electron chi connectivity index (χ4n) is 1.91. The van der Waals surface area contributed by atoms with Crippen molar-refractivity contribution in [3.8, 4) is 0 Å². The molecule has 0 spiro atoms. The molecule has 1 aromatic rings. The van der Waals surface area contributed by atoms with Crippen LogP contribution in [-0.2, 0) is 37.5 Å². The van der Waals surface area contributed by atoms with Crippen LogP contribution in [0.5, 0.6) is 0 Å². The predicted octanol–water partition coefficient (Wildman–Crippen LogP) is 3.16. The van der Waals surface area contributed by atoms with Crippen LogP contribution in [0.15, 0.2) is 18.2 Å². The number of allylic oxidation sites excluding steroid dienone is 1. The zero-order valence-corrected chi connectivity index (χ0v) is 15.3. The van der Waals surface area contributed by atoms with E-state index in [1.54, 1.807) is 6.92 Å². The number of carbonyl (C=O) groups excluding carboxylic acids is 1. The van der Waals surface area contributed by atoms with Gasteiger partial charge in [0.1, 0.15) is 0 Å². The van der Waals surface area contributed by atoms with Crippen molar-refractivity contribution in [2.45, 2.75) is 17.3 Å². The van der Waals surface area contributed by atoms with Gasteiger partial charge in [0.15, 0.2) is 0 Å². The van der Waals surface area contributed by atoms with E-state index in [2.05, 4.69) is 6.08 Å². The van der Waals surface area contributed by atoms with Crippen molar-refractivity contribution in [2.24, 2.45) is 0 Å². The summed E-state index contributed by atoms with van der Waals surface area (Å²) < 4.78 is 27.2. The Kier molecular flexibility index (Phi) is 6.53. The van der Waals surface area contributed by atoms with Gasteiger partial charge in [0.25, 0.3) is 0 Å². The van der Waals surface area contributed by atoms with Crippen LogP contribution in [-0.4, -0.2) is 21.3 Å². The van der Waals surface area contributed by atoms with E-state index in [9.17, 15) is 13.6 Å². The second-order valence-corrected chi connectivity index (χ2v) is 5.38. The van der Waals surface area contributed by atoms with Crippen LogP contribution in [0.3, 0.4) is 0 Å². The first-order chi connectivity index (χ1) is 8.56. The van der Waals surface area contributed by atoms with Gasteiger partial charge < -0.3 is 4.90 Å². The minimum absolute atomic E-state index is 0. The first-order valence-electron chi connectivity index (χ1n) is 5.57. The fraction of sp³-hybridized carbons (Fsp3) is 0.308. The number of rotatable bonds is 2. The van der Waals surface area contributed by atoms with E-state index >= 15 is 0 Å². The molecule has 0 saturated heterocycles. The number of alkyl halides is 1. The second-order valence-electron chi connectivity index (χ2n) is 3.88. The molecule has 99 valence electrons. The van der Waals surface area contributed by atoms with Gasteiger partial charge in [-0.1, -0.05) is 40.6 Å². The first-order valence-corrected chi connectivity index (χ1v) is 6.81. The molecule has 2 rings (SSSR count). The van der Waals surface area contributed by atoms with Gasteiger partial charge in [-0.25, -0.2) is 14.9 Å². The Hall–Kier alpha value is 0.124. The Morgan fingerprint density at radius 1 is 1.42 bits per heavy atom. The Morgan fingerprint density at radius 3 is 2.53 bits per heavy atom. The molecule has 19 heavy (non-hydrogen) atoms. The van der Waals surface area contributed by atoms with Crippen LogP contribution in [0.4, 0.5) is 8.78 Å². The van der Waals surface area contributed by atoms with Crippen LogP contribution >= 0.6 is 22.6 Å². The van der Waals surface area contributed by atoms with Gasteiger partial charge in [-0.05, 0) is 19.1 Å². The Morgan fingerprint density at radius 2 is 2.00 bits per heavy atom. The summed E-state index contributed by atoms with van der Waals surface area (Å²) in [6, 6.07) is 3.67. The minimum Gasteiger partial charge on any atom is -0.347 e. The number of amides is 1. The SMILES string of the molecule is CCN1C(=O)C(I)C[C-]=C1c1c(F)cccc1F.[Y]. The van der Waals surface area contributed by atoms with Crippen molar-refractivity contribution in [2.75, 3.05) is 6.54 Å². The number of benzene rings is 1. The third-order valence-electron chi connectivity index (χ3n) is 2.77. The quantitative estimate of drug-likeness (QED) is 0.385. The summed E-state index contributed by atoms with van der Waals surface area (Å²) in [5.41, 5.74) is 0.0435. The monoisotopic (exact) mass is 451 g/mol. The van der Waals surface area contributed by atoms with Crippen molar-refractivity contribution in [3.05, 3.63) is 41.5 Å². The van der Waals surface area contributed by atoms with Gasteiger partial charge in [-0.2, -0.15) is 0 Å². The van der Waals surface area contributed by atoms with E-state index in [4.69, 9.17) is 0 Å². The largest absolute Gasteiger partial charge is 0.347 e. The van der Waals surface area contributed by atoms with Crippen molar-refractivity contribution in [1.82, 2.24) is 4.90 Å². The second kappa shape index (κ2) is 7.22. The summed E-state index contributed by atoms with van der Waals surface area (Å²) in [6.07, 6.45) is 3.31. The molecular formula is C13H11F2INOY-. The molecular weight excluding hydrogens is 440 g/mol. The van der Waals surface area contributed by atoms with Crippen LogP contribution in [0.1, 0.15) is 18.9 Å². The third-order valence-corrected chi connectivity index (χ3v) is 3.74. The van der Waals surface area contributed by atoms with Gasteiger partial charge in [-0.15, -0.1) is 5.70 Å². The van der Waals surface area contributed by atoms with Crippen molar-refractivity contribution in [3.63, 3.8) is 0 Å². The van der Waals surface area contributed by atoms with Crippen LogP contribution in [0.2, 0.25) is 0 Å². The fourth-order valence-corrected chi connectivity index (χ4v) is 2.47. The zero-order chi connectivity index (χ0) is 13.3. The Bertz CT molecular complexity index is 501. The summed E-state index contributed by atoms with van der Waals surface area (Å²) in [4.78, 5) is 13.4. The van der Waals surface area contributed by atoms with Gasteiger partial charge in [-0.3, -0.25) is 4.79 Å². The first kappa shape index (κ1) is 17.2. The normalized spacial score (nSPS) is 18.9. The van der Waals surface area contributed by atoms with E-state index in [-0.39, 0.29) is 53.8 Å². The number of nitrogens with zero attached hydrogens (tertiary/aromatic N) is 1. The average molecular weight is 451 g/mol. The molecule has 0 aromatic heterocycles. The molecule has 6 heteroatoms. The van der Waals surface area contributed by atoms with Crippen LogP contribution in [0, 0.1) is 17.7 Å². The molecule has 0 fully saturated rings. The van der Waals surface area contributed by atoms with E-state index in [0.29, 0.717) is 13.0 Å². The topological polar surface area (TPSA) is 20.3 Å². The predicted molar refractivity (Wildman–Crippen MR) is 72.8 cm³/mol. The minimum atomic E-state index is -0.671. The molecule has 1 aliphatic rings. The summed E-state index contributed by atoms with van der Waals surface area (Å²) in [5, 5.41) is 0. The molecule has 1 radical (unpaired) electrons. The summed E-state index contributed by atoms with van der Waals surface area (Å²) in [5.74, 6) is -1.47. The Balaban J connectivity index is 0.00000180. The summed E-state index contributed by atoms with van der Waals surface area (Å²) in [6.45, 7) is 2.14. The van der Waals surface area contributed by atoms with Gasteiger partial charge >= 0.3 is 0 Å². The van der Waals surface area contributed by atoms with E-state index in [0.717, 1.165) is 0 Å². The molecule has 1 unspecified atom stereocenters.